The molecular formula is C9H14N4O. The quantitative estimate of drug-likeness (QED) is 0.769. The van der Waals surface area contributed by atoms with E-state index in [0.29, 0.717) is 5.89 Å². The second-order valence-corrected chi connectivity index (χ2v) is 3.34. The van der Waals surface area contributed by atoms with Gasteiger partial charge in [-0.15, -0.1) is 0 Å². The molecule has 0 spiro atoms. The highest BCUT2D eigenvalue weighted by molar-refractivity contribution is 5.83. The standard InChI is InChI=1S/C9H14N4O/c1-7-12-9(13-14-7)4-6-11-8-3-2-5-10-8/h2-6H2,1H3,(H,10,11). The average Bonchev–Trinajstić information content (AvgIpc) is 2.77. The normalized spacial score (nSPS) is 15.6. The van der Waals surface area contributed by atoms with Crippen LogP contribution in [-0.4, -0.2) is 29.1 Å². The Hall–Kier alpha value is -1.39. The number of hydrogen-bond acceptors (Lipinski definition) is 5. The van der Waals surface area contributed by atoms with E-state index < -0.39 is 0 Å². The van der Waals surface area contributed by atoms with Crippen LogP contribution in [0.25, 0.3) is 0 Å². The molecule has 1 aliphatic rings. The predicted octanol–water partition coefficient (Wildman–Crippen LogP) is 0.702. The Morgan fingerprint density at radius 3 is 3.07 bits per heavy atom. The summed E-state index contributed by atoms with van der Waals surface area (Å²) in [6, 6.07) is 0. The predicted molar refractivity (Wildman–Crippen MR) is 52.3 cm³/mol. The fourth-order valence-electron chi connectivity index (χ4n) is 1.45. The van der Waals surface area contributed by atoms with E-state index in [2.05, 4.69) is 20.4 Å². The van der Waals surface area contributed by atoms with E-state index in [4.69, 9.17) is 4.52 Å². The van der Waals surface area contributed by atoms with E-state index >= 15 is 0 Å². The van der Waals surface area contributed by atoms with Gasteiger partial charge in [-0.3, -0.25) is 4.99 Å². The molecule has 0 unspecified atom stereocenters. The number of amidine groups is 1. The van der Waals surface area contributed by atoms with Gasteiger partial charge >= 0.3 is 0 Å². The number of aliphatic imine (C=N–C) groups is 1. The number of aryl methyl sites for hydroxylation is 1. The molecule has 0 radical (unpaired) electrons. The van der Waals surface area contributed by atoms with Crippen LogP contribution in [0, 0.1) is 6.92 Å². The first-order chi connectivity index (χ1) is 6.84. The van der Waals surface area contributed by atoms with Crippen molar-refractivity contribution < 1.29 is 4.52 Å². The van der Waals surface area contributed by atoms with Gasteiger partial charge in [0.15, 0.2) is 5.82 Å². The van der Waals surface area contributed by atoms with Crippen LogP contribution < -0.4 is 5.32 Å². The number of rotatable bonds is 3. The summed E-state index contributed by atoms with van der Waals surface area (Å²) in [5.74, 6) is 2.50. The van der Waals surface area contributed by atoms with Crippen LogP contribution in [0.1, 0.15) is 24.6 Å². The van der Waals surface area contributed by atoms with Crippen LogP contribution >= 0.6 is 0 Å². The Balaban J connectivity index is 1.72. The van der Waals surface area contributed by atoms with Gasteiger partial charge in [0.25, 0.3) is 0 Å². The molecule has 0 aliphatic carbocycles. The van der Waals surface area contributed by atoms with Crippen molar-refractivity contribution in [2.24, 2.45) is 4.99 Å². The Kier molecular flexibility index (Phi) is 2.76. The highest BCUT2D eigenvalue weighted by atomic mass is 16.5. The number of aromatic nitrogens is 2. The summed E-state index contributed by atoms with van der Waals surface area (Å²) in [5, 5.41) is 7.08. The maximum Gasteiger partial charge on any atom is 0.223 e. The highest BCUT2D eigenvalue weighted by Crippen LogP contribution is 2.01. The molecule has 0 saturated heterocycles. The zero-order chi connectivity index (χ0) is 9.80. The van der Waals surface area contributed by atoms with Crippen molar-refractivity contribution in [3.05, 3.63) is 11.7 Å². The average molecular weight is 194 g/mol. The van der Waals surface area contributed by atoms with Crippen molar-refractivity contribution in [3.8, 4) is 0 Å². The van der Waals surface area contributed by atoms with Gasteiger partial charge in [0.05, 0.1) is 5.84 Å². The summed E-state index contributed by atoms with van der Waals surface area (Å²) in [4.78, 5) is 8.43. The first kappa shape index (κ1) is 9.18. The largest absolute Gasteiger partial charge is 0.373 e. The fraction of sp³-hybridized carbons (Fsp3) is 0.667. The number of nitrogens with one attached hydrogen (secondary N) is 1. The maximum atomic E-state index is 4.87. The van der Waals surface area contributed by atoms with E-state index in [1.807, 2.05) is 0 Å². The fourth-order valence-corrected chi connectivity index (χ4v) is 1.45. The minimum atomic E-state index is 0.623. The second kappa shape index (κ2) is 4.21. The van der Waals surface area contributed by atoms with Crippen molar-refractivity contribution in [2.45, 2.75) is 26.2 Å². The molecule has 0 amide bonds. The summed E-state index contributed by atoms with van der Waals surface area (Å²) in [6.07, 6.45) is 3.03. The van der Waals surface area contributed by atoms with Crippen molar-refractivity contribution in [1.29, 1.82) is 0 Å². The summed E-state index contributed by atoms with van der Waals surface area (Å²) in [5.41, 5.74) is 0. The van der Waals surface area contributed by atoms with Crippen LogP contribution in [0.4, 0.5) is 0 Å². The van der Waals surface area contributed by atoms with Crippen LogP contribution in [0.2, 0.25) is 0 Å². The van der Waals surface area contributed by atoms with Gasteiger partial charge in [0, 0.05) is 32.9 Å². The number of hydrogen-bond donors (Lipinski definition) is 1. The van der Waals surface area contributed by atoms with Crippen LogP contribution in [0.15, 0.2) is 9.52 Å². The van der Waals surface area contributed by atoms with Gasteiger partial charge < -0.3 is 9.84 Å². The van der Waals surface area contributed by atoms with Crippen LogP contribution in [-0.2, 0) is 6.42 Å². The zero-order valence-corrected chi connectivity index (χ0v) is 8.29. The number of nitrogens with zero attached hydrogens (tertiary/aromatic N) is 3. The molecule has 0 atom stereocenters. The SMILES string of the molecule is Cc1nc(CCNC2=NCCC2)no1. The summed E-state index contributed by atoms with van der Waals surface area (Å²) in [7, 11) is 0. The molecule has 1 aromatic rings. The molecule has 0 fully saturated rings. The lowest BCUT2D eigenvalue weighted by molar-refractivity contribution is 0.387. The van der Waals surface area contributed by atoms with Crippen LogP contribution in [0.3, 0.4) is 0 Å². The maximum absolute atomic E-state index is 4.87. The summed E-state index contributed by atoms with van der Waals surface area (Å²) < 4.78 is 4.87. The van der Waals surface area contributed by atoms with Crippen molar-refractivity contribution in [2.75, 3.05) is 13.1 Å². The van der Waals surface area contributed by atoms with Gasteiger partial charge in [-0.25, -0.2) is 0 Å². The van der Waals surface area contributed by atoms with Crippen molar-refractivity contribution in [1.82, 2.24) is 15.5 Å². The second-order valence-electron chi connectivity index (χ2n) is 3.34. The van der Waals surface area contributed by atoms with E-state index in [1.54, 1.807) is 6.92 Å². The summed E-state index contributed by atoms with van der Waals surface area (Å²) in [6.45, 7) is 3.59. The molecule has 1 N–H and O–H groups in total. The van der Waals surface area contributed by atoms with E-state index in [9.17, 15) is 0 Å². The van der Waals surface area contributed by atoms with Gasteiger partial charge in [0.1, 0.15) is 0 Å². The zero-order valence-electron chi connectivity index (χ0n) is 8.29. The molecule has 0 aromatic carbocycles. The molecule has 76 valence electrons. The minimum absolute atomic E-state index is 0.623. The Morgan fingerprint density at radius 2 is 2.43 bits per heavy atom. The van der Waals surface area contributed by atoms with Gasteiger partial charge in [-0.05, 0) is 6.42 Å². The van der Waals surface area contributed by atoms with Crippen LogP contribution in [0.5, 0.6) is 0 Å². The summed E-state index contributed by atoms with van der Waals surface area (Å²) >= 11 is 0. The topological polar surface area (TPSA) is 63.3 Å². The molecular weight excluding hydrogens is 180 g/mol. The Bertz CT molecular complexity index is 331. The van der Waals surface area contributed by atoms with E-state index in [1.165, 1.54) is 6.42 Å². The first-order valence-corrected chi connectivity index (χ1v) is 4.91. The third kappa shape index (κ3) is 2.31. The third-order valence-corrected chi connectivity index (χ3v) is 2.12. The minimum Gasteiger partial charge on any atom is -0.373 e. The molecule has 1 aliphatic heterocycles. The Morgan fingerprint density at radius 1 is 1.50 bits per heavy atom. The molecule has 2 heterocycles. The molecule has 5 nitrogen and oxygen atoms in total. The third-order valence-electron chi connectivity index (χ3n) is 2.12. The molecule has 5 heteroatoms. The Labute approximate surface area is 82.6 Å². The molecule has 0 saturated carbocycles. The van der Waals surface area contributed by atoms with Gasteiger partial charge in [-0.1, -0.05) is 5.16 Å². The van der Waals surface area contributed by atoms with Crippen molar-refractivity contribution >= 4 is 5.84 Å². The monoisotopic (exact) mass is 194 g/mol. The van der Waals surface area contributed by atoms with Crippen molar-refractivity contribution in [3.63, 3.8) is 0 Å². The smallest absolute Gasteiger partial charge is 0.223 e. The highest BCUT2D eigenvalue weighted by Gasteiger charge is 2.06. The van der Waals surface area contributed by atoms with E-state index in [0.717, 1.165) is 37.6 Å². The lowest BCUT2D eigenvalue weighted by Gasteiger charge is -2.02. The molecule has 2 rings (SSSR count). The first-order valence-electron chi connectivity index (χ1n) is 4.91. The lowest BCUT2D eigenvalue weighted by Crippen LogP contribution is -2.24. The molecule has 0 bridgehead atoms. The molecule has 14 heavy (non-hydrogen) atoms. The van der Waals surface area contributed by atoms with Gasteiger partial charge in [-0.2, -0.15) is 4.98 Å². The molecule has 1 aromatic heterocycles. The lowest BCUT2D eigenvalue weighted by atomic mass is 10.3. The van der Waals surface area contributed by atoms with Gasteiger partial charge in [0.2, 0.25) is 5.89 Å². The van der Waals surface area contributed by atoms with E-state index in [-0.39, 0.29) is 0 Å².